The maximum absolute atomic E-state index is 13.5. The highest BCUT2D eigenvalue weighted by Crippen LogP contribution is 2.40. The predicted octanol–water partition coefficient (Wildman–Crippen LogP) is 8.93. The zero-order valence-corrected chi connectivity index (χ0v) is 27.8. The van der Waals surface area contributed by atoms with Gasteiger partial charge >= 0.3 is 6.18 Å². The number of ether oxygens (including phenoxy) is 2. The second-order valence-electron chi connectivity index (χ2n) is 11.8. The molecule has 9 aromatic rings. The Hall–Kier alpha value is -6.90. The number of pyridine rings is 2. The van der Waals surface area contributed by atoms with Crippen LogP contribution in [-0.2, 0) is 6.18 Å². The van der Waals surface area contributed by atoms with E-state index in [9.17, 15) is 13.2 Å². The standard InChI is InChI=1S/C19H15F3N4O2.C18H14N6/c1-27-13-8-7-10(9-14(13)28-2)23-18-16-15(17(26-25-16)19(20,21)22)11-5-3-4-6-12(11)24-18;1-10-16-13-4-2-3-5-14(13)21-18(17(16)24-22-10)20-12-7-6-11-9-19-23-15(11)8-12/h3-9H,1-2H3,(H,23,24)(H,25,26);2-9H,1H3,(H,19,23)(H,20,21)(H,22,24). The SMILES string of the molecule is COc1ccc(Nc2nc3ccccc3c3c(C(F)(F)F)[nH]nc23)cc1OC.Cc1[nH]nc2c(Nc3ccc4cn[nH]c4c3)nc3ccccc3c12. The number of para-hydroxylation sites is 2. The van der Waals surface area contributed by atoms with E-state index in [1.165, 1.54) is 14.2 Å². The van der Waals surface area contributed by atoms with E-state index < -0.39 is 11.9 Å². The first-order chi connectivity index (χ1) is 25.2. The van der Waals surface area contributed by atoms with Gasteiger partial charge in [-0.2, -0.15) is 28.5 Å². The molecule has 12 nitrogen and oxygen atoms in total. The minimum absolute atomic E-state index is 0.0268. The maximum Gasteiger partial charge on any atom is 0.433 e. The van der Waals surface area contributed by atoms with Gasteiger partial charge in [-0.15, -0.1) is 0 Å². The van der Waals surface area contributed by atoms with Gasteiger partial charge in [-0.05, 0) is 49.4 Å². The van der Waals surface area contributed by atoms with Crippen molar-refractivity contribution in [3.8, 4) is 11.5 Å². The number of H-pyrrole nitrogens is 3. The molecule has 0 spiro atoms. The van der Waals surface area contributed by atoms with E-state index in [1.54, 1.807) is 42.5 Å². The first kappa shape index (κ1) is 32.3. The highest BCUT2D eigenvalue weighted by molar-refractivity contribution is 6.11. The number of fused-ring (bicyclic) bond motifs is 7. The van der Waals surface area contributed by atoms with Gasteiger partial charge in [-0.1, -0.05) is 36.4 Å². The fraction of sp³-hybridized carbons (Fsp3) is 0.108. The second-order valence-corrected chi connectivity index (χ2v) is 11.8. The number of aryl methyl sites for hydroxylation is 1. The highest BCUT2D eigenvalue weighted by atomic mass is 19.4. The van der Waals surface area contributed by atoms with Crippen LogP contribution in [0, 0.1) is 6.92 Å². The Morgan fingerprint density at radius 2 is 1.25 bits per heavy atom. The quantitative estimate of drug-likeness (QED) is 0.114. The Morgan fingerprint density at radius 1 is 0.654 bits per heavy atom. The number of anilines is 4. The number of halogens is 3. The number of aromatic amines is 3. The van der Waals surface area contributed by atoms with Crippen molar-refractivity contribution in [2.24, 2.45) is 0 Å². The van der Waals surface area contributed by atoms with Crippen LogP contribution in [-0.4, -0.2) is 54.8 Å². The summed E-state index contributed by atoms with van der Waals surface area (Å²) in [6.07, 6.45) is -2.76. The molecule has 5 heterocycles. The first-order valence-corrected chi connectivity index (χ1v) is 16.0. The molecular weight excluding hydrogens is 673 g/mol. The average Bonchev–Trinajstić information content (AvgIpc) is 3.91. The average molecular weight is 703 g/mol. The highest BCUT2D eigenvalue weighted by Gasteiger charge is 2.36. The molecular formula is C37H29F3N10O2. The van der Waals surface area contributed by atoms with Gasteiger partial charge in [0.2, 0.25) is 0 Å². The first-order valence-electron chi connectivity index (χ1n) is 16.0. The fourth-order valence-corrected chi connectivity index (χ4v) is 6.20. The molecule has 0 aliphatic rings. The third-order valence-electron chi connectivity index (χ3n) is 8.61. The summed E-state index contributed by atoms with van der Waals surface area (Å²) in [5.74, 6) is 1.95. The molecule has 5 aromatic heterocycles. The van der Waals surface area contributed by atoms with Gasteiger partial charge in [0.25, 0.3) is 0 Å². The lowest BCUT2D eigenvalue weighted by molar-refractivity contribution is -0.139. The second kappa shape index (κ2) is 12.8. The summed E-state index contributed by atoms with van der Waals surface area (Å²) in [7, 11) is 3.01. The van der Waals surface area contributed by atoms with Crippen LogP contribution < -0.4 is 20.1 Å². The summed E-state index contributed by atoms with van der Waals surface area (Å²) in [5.41, 5.74) is 4.93. The molecule has 260 valence electrons. The van der Waals surface area contributed by atoms with Crippen LogP contribution in [0.15, 0.2) is 91.1 Å². The normalized spacial score (nSPS) is 11.7. The topological polar surface area (TPSA) is 154 Å². The molecule has 0 amide bonds. The van der Waals surface area contributed by atoms with E-state index in [1.807, 2.05) is 49.5 Å². The molecule has 0 atom stereocenters. The van der Waals surface area contributed by atoms with E-state index in [0.29, 0.717) is 28.1 Å². The molecule has 9 rings (SSSR count). The third kappa shape index (κ3) is 5.77. The number of rotatable bonds is 6. The Morgan fingerprint density at radius 3 is 1.92 bits per heavy atom. The molecule has 0 unspecified atom stereocenters. The number of methoxy groups -OCH3 is 2. The largest absolute Gasteiger partial charge is 0.493 e. The molecule has 52 heavy (non-hydrogen) atoms. The summed E-state index contributed by atoms with van der Waals surface area (Å²) in [5, 5.41) is 30.6. The molecule has 0 fully saturated rings. The van der Waals surface area contributed by atoms with Crippen LogP contribution in [0.2, 0.25) is 0 Å². The van der Waals surface area contributed by atoms with Crippen molar-refractivity contribution in [2.45, 2.75) is 13.1 Å². The number of benzene rings is 4. The molecule has 0 aliphatic carbocycles. The Bertz CT molecular complexity index is 2750. The number of hydrogen-bond acceptors (Lipinski definition) is 9. The smallest absolute Gasteiger partial charge is 0.433 e. The third-order valence-corrected chi connectivity index (χ3v) is 8.61. The minimum Gasteiger partial charge on any atom is -0.493 e. The lowest BCUT2D eigenvalue weighted by Gasteiger charge is -2.12. The molecule has 5 N–H and O–H groups in total. The van der Waals surface area contributed by atoms with Crippen molar-refractivity contribution < 1.29 is 22.6 Å². The summed E-state index contributed by atoms with van der Waals surface area (Å²) in [6.45, 7) is 2.03. The lowest BCUT2D eigenvalue weighted by atomic mass is 10.1. The van der Waals surface area contributed by atoms with Crippen LogP contribution in [0.3, 0.4) is 0 Å². The molecule has 15 heteroatoms. The van der Waals surface area contributed by atoms with E-state index in [4.69, 9.17) is 14.5 Å². The predicted molar refractivity (Wildman–Crippen MR) is 195 cm³/mol. The maximum atomic E-state index is 13.5. The Labute approximate surface area is 292 Å². The monoisotopic (exact) mass is 702 g/mol. The van der Waals surface area contributed by atoms with Gasteiger partial charge in [0.1, 0.15) is 16.7 Å². The molecule has 0 aliphatic heterocycles. The summed E-state index contributed by atoms with van der Waals surface area (Å²) < 4.78 is 50.9. The number of alkyl halides is 3. The van der Waals surface area contributed by atoms with Crippen LogP contribution in [0.5, 0.6) is 11.5 Å². The zero-order valence-electron chi connectivity index (χ0n) is 27.8. The van der Waals surface area contributed by atoms with E-state index >= 15 is 0 Å². The van der Waals surface area contributed by atoms with E-state index in [2.05, 4.69) is 52.3 Å². The summed E-state index contributed by atoms with van der Waals surface area (Å²) >= 11 is 0. The lowest BCUT2D eigenvalue weighted by Crippen LogP contribution is -2.06. The van der Waals surface area contributed by atoms with Crippen LogP contribution >= 0.6 is 0 Å². The number of hydrogen-bond donors (Lipinski definition) is 5. The summed E-state index contributed by atoms with van der Waals surface area (Å²) in [4.78, 5) is 9.22. The molecule has 0 bridgehead atoms. The van der Waals surface area contributed by atoms with Gasteiger partial charge in [0, 0.05) is 50.1 Å². The summed E-state index contributed by atoms with van der Waals surface area (Å²) in [6, 6.07) is 25.9. The fourth-order valence-electron chi connectivity index (χ4n) is 6.20. The van der Waals surface area contributed by atoms with Gasteiger partial charge < -0.3 is 20.1 Å². The Balaban J connectivity index is 0.000000150. The van der Waals surface area contributed by atoms with Crippen LogP contribution in [0.1, 0.15) is 11.4 Å². The van der Waals surface area contributed by atoms with Gasteiger partial charge in [-0.3, -0.25) is 15.3 Å². The van der Waals surface area contributed by atoms with Crippen molar-refractivity contribution in [1.82, 2.24) is 40.6 Å². The Kier molecular flexibility index (Phi) is 7.93. The number of nitrogens with zero attached hydrogens (tertiary/aromatic N) is 5. The van der Waals surface area contributed by atoms with Crippen LogP contribution in [0.25, 0.3) is 54.5 Å². The molecule has 0 radical (unpaired) electrons. The van der Waals surface area contributed by atoms with Gasteiger partial charge in [-0.25, -0.2) is 9.97 Å². The zero-order chi connectivity index (χ0) is 36.0. The number of aromatic nitrogens is 8. The number of nitrogens with one attached hydrogen (secondary N) is 5. The van der Waals surface area contributed by atoms with Crippen molar-refractivity contribution in [1.29, 1.82) is 0 Å². The van der Waals surface area contributed by atoms with Gasteiger partial charge in [0.15, 0.2) is 23.1 Å². The molecule has 0 saturated heterocycles. The minimum atomic E-state index is -4.57. The van der Waals surface area contributed by atoms with E-state index in [-0.39, 0.29) is 16.7 Å². The van der Waals surface area contributed by atoms with Gasteiger partial charge in [0.05, 0.1) is 37.0 Å². The van der Waals surface area contributed by atoms with Crippen LogP contribution in [0.4, 0.5) is 36.2 Å². The molecule has 4 aromatic carbocycles. The van der Waals surface area contributed by atoms with Crippen molar-refractivity contribution in [2.75, 3.05) is 24.9 Å². The van der Waals surface area contributed by atoms with Crippen molar-refractivity contribution in [3.05, 3.63) is 103 Å². The van der Waals surface area contributed by atoms with E-state index in [0.717, 1.165) is 49.9 Å². The van der Waals surface area contributed by atoms with Crippen molar-refractivity contribution >= 4 is 77.5 Å². The molecule has 0 saturated carbocycles. The van der Waals surface area contributed by atoms with Crippen molar-refractivity contribution in [3.63, 3.8) is 0 Å².